The van der Waals surface area contributed by atoms with Gasteiger partial charge in [-0.05, 0) is 18.2 Å². The number of hydrogen-bond acceptors (Lipinski definition) is 6. The highest BCUT2D eigenvalue weighted by atomic mass is 16.6. The zero-order valence-corrected chi connectivity index (χ0v) is 12.2. The molecule has 25 heavy (non-hydrogen) atoms. The first-order chi connectivity index (χ1) is 11.7. The highest BCUT2D eigenvalue weighted by Gasteiger charge is 2.37. The smallest absolute Gasteiger partial charge is 0.336 e. The lowest BCUT2D eigenvalue weighted by atomic mass is 9.81. The zero-order chi connectivity index (χ0) is 18.5. The maximum absolute atomic E-state index is 12.6. The molecular formula is C16H7NO8. The molecule has 0 amide bonds. The number of carboxylic acid groups (broad SMARTS) is 2. The Bertz CT molecular complexity index is 1020. The molecule has 0 unspecified atom stereocenters. The van der Waals surface area contributed by atoms with Gasteiger partial charge in [-0.15, -0.1) is 0 Å². The summed E-state index contributed by atoms with van der Waals surface area (Å²) >= 11 is 0. The minimum atomic E-state index is -1.60. The van der Waals surface area contributed by atoms with Crippen molar-refractivity contribution in [3.05, 3.63) is 73.8 Å². The molecule has 9 nitrogen and oxygen atoms in total. The fourth-order valence-corrected chi connectivity index (χ4v) is 2.73. The third-order valence-corrected chi connectivity index (χ3v) is 3.82. The average molecular weight is 341 g/mol. The lowest BCUT2D eigenvalue weighted by Crippen LogP contribution is -2.24. The molecule has 0 bridgehead atoms. The van der Waals surface area contributed by atoms with Crippen LogP contribution in [0.1, 0.15) is 52.6 Å². The van der Waals surface area contributed by atoms with Gasteiger partial charge in [0.15, 0.2) is 5.78 Å². The van der Waals surface area contributed by atoms with Gasteiger partial charge in [-0.3, -0.25) is 19.7 Å². The Labute approximate surface area is 138 Å². The Morgan fingerprint density at radius 3 is 1.88 bits per heavy atom. The molecular weight excluding hydrogens is 334 g/mol. The number of benzene rings is 2. The van der Waals surface area contributed by atoms with Gasteiger partial charge in [0.2, 0.25) is 5.78 Å². The van der Waals surface area contributed by atoms with Crippen molar-refractivity contribution in [1.29, 1.82) is 0 Å². The lowest BCUT2D eigenvalue weighted by Gasteiger charge is -2.18. The van der Waals surface area contributed by atoms with Crippen molar-refractivity contribution in [2.75, 3.05) is 0 Å². The SMILES string of the molecule is O=C(O)c1cc2c(cc1C(=O)O)C(=O)c1c(cccc1[N+](=O)[O-])C2=O. The molecule has 0 atom stereocenters. The largest absolute Gasteiger partial charge is 0.478 e. The molecule has 1 aliphatic rings. The average Bonchev–Trinajstić information content (AvgIpc) is 2.57. The number of hydrogen-bond donors (Lipinski definition) is 2. The van der Waals surface area contributed by atoms with E-state index in [1.807, 2.05) is 0 Å². The van der Waals surface area contributed by atoms with E-state index >= 15 is 0 Å². The number of aromatic carboxylic acids is 2. The molecule has 0 saturated heterocycles. The van der Waals surface area contributed by atoms with Crippen LogP contribution in [0.25, 0.3) is 0 Å². The third kappa shape index (κ3) is 2.26. The van der Waals surface area contributed by atoms with Crippen LogP contribution in [0.5, 0.6) is 0 Å². The predicted octanol–water partition coefficient (Wildman–Crippen LogP) is 1.77. The number of nitrogens with zero attached hydrogens (tertiary/aromatic N) is 1. The van der Waals surface area contributed by atoms with Crippen molar-refractivity contribution < 1.29 is 34.3 Å². The van der Waals surface area contributed by atoms with Gasteiger partial charge in [-0.1, -0.05) is 6.07 Å². The van der Waals surface area contributed by atoms with Crippen molar-refractivity contribution >= 4 is 29.2 Å². The predicted molar refractivity (Wildman–Crippen MR) is 80.3 cm³/mol. The van der Waals surface area contributed by atoms with E-state index in [9.17, 15) is 29.3 Å². The van der Waals surface area contributed by atoms with Crippen molar-refractivity contribution in [2.45, 2.75) is 0 Å². The van der Waals surface area contributed by atoms with Crippen LogP contribution in [-0.2, 0) is 0 Å². The highest BCUT2D eigenvalue weighted by Crippen LogP contribution is 2.34. The number of nitro groups is 1. The maximum Gasteiger partial charge on any atom is 0.336 e. The van der Waals surface area contributed by atoms with Crippen molar-refractivity contribution in [2.24, 2.45) is 0 Å². The topological polar surface area (TPSA) is 152 Å². The van der Waals surface area contributed by atoms with Gasteiger partial charge in [0.25, 0.3) is 5.69 Å². The fraction of sp³-hybridized carbons (Fsp3) is 0. The summed E-state index contributed by atoms with van der Waals surface area (Å²) in [5.41, 5.74) is -3.28. The van der Waals surface area contributed by atoms with Crippen molar-refractivity contribution in [3.63, 3.8) is 0 Å². The van der Waals surface area contributed by atoms with Gasteiger partial charge >= 0.3 is 11.9 Å². The Kier molecular flexibility index (Phi) is 3.42. The van der Waals surface area contributed by atoms with Gasteiger partial charge in [-0.2, -0.15) is 0 Å². The van der Waals surface area contributed by atoms with Crippen molar-refractivity contribution in [3.8, 4) is 0 Å². The monoisotopic (exact) mass is 341 g/mol. The number of carbonyl (C=O) groups excluding carboxylic acids is 2. The summed E-state index contributed by atoms with van der Waals surface area (Å²) in [4.78, 5) is 58.0. The summed E-state index contributed by atoms with van der Waals surface area (Å²) in [6.07, 6.45) is 0. The van der Waals surface area contributed by atoms with Crippen LogP contribution in [0.15, 0.2) is 30.3 Å². The minimum Gasteiger partial charge on any atom is -0.478 e. The first-order valence-electron chi connectivity index (χ1n) is 6.75. The van der Waals surface area contributed by atoms with Crippen LogP contribution in [0.4, 0.5) is 5.69 Å². The molecule has 0 spiro atoms. The first-order valence-corrected chi connectivity index (χ1v) is 6.75. The van der Waals surface area contributed by atoms with Gasteiger partial charge < -0.3 is 10.2 Å². The molecule has 0 fully saturated rings. The van der Waals surface area contributed by atoms with E-state index in [1.54, 1.807) is 0 Å². The number of carbonyl (C=O) groups is 4. The number of rotatable bonds is 3. The van der Waals surface area contributed by atoms with E-state index in [0.717, 1.165) is 18.2 Å². The van der Waals surface area contributed by atoms with Gasteiger partial charge in [0, 0.05) is 22.8 Å². The molecule has 9 heteroatoms. The molecule has 0 aromatic heterocycles. The van der Waals surface area contributed by atoms with E-state index in [1.165, 1.54) is 12.1 Å². The Morgan fingerprint density at radius 1 is 0.880 bits per heavy atom. The molecule has 2 aromatic carbocycles. The van der Waals surface area contributed by atoms with Crippen LogP contribution >= 0.6 is 0 Å². The molecule has 2 N–H and O–H groups in total. The highest BCUT2D eigenvalue weighted by molar-refractivity contribution is 6.30. The second kappa shape index (κ2) is 5.34. The van der Waals surface area contributed by atoms with E-state index in [0.29, 0.717) is 0 Å². The molecule has 124 valence electrons. The van der Waals surface area contributed by atoms with Crippen LogP contribution in [-0.4, -0.2) is 38.6 Å². The fourth-order valence-electron chi connectivity index (χ4n) is 2.73. The maximum atomic E-state index is 12.6. The van der Waals surface area contributed by atoms with Gasteiger partial charge in [0.05, 0.1) is 16.1 Å². The van der Waals surface area contributed by atoms with Crippen molar-refractivity contribution in [1.82, 2.24) is 0 Å². The van der Waals surface area contributed by atoms with E-state index in [4.69, 9.17) is 10.2 Å². The zero-order valence-electron chi connectivity index (χ0n) is 12.2. The summed E-state index contributed by atoms with van der Waals surface area (Å²) < 4.78 is 0. The van der Waals surface area contributed by atoms with E-state index in [-0.39, 0.29) is 16.7 Å². The summed E-state index contributed by atoms with van der Waals surface area (Å²) in [6, 6.07) is 5.08. The van der Waals surface area contributed by atoms with Crippen LogP contribution in [0.2, 0.25) is 0 Å². The Balaban J connectivity index is 2.36. The second-order valence-corrected chi connectivity index (χ2v) is 5.17. The number of fused-ring (bicyclic) bond motifs is 2. The van der Waals surface area contributed by atoms with E-state index < -0.39 is 50.8 Å². The molecule has 3 rings (SSSR count). The van der Waals surface area contributed by atoms with Gasteiger partial charge in [0.1, 0.15) is 5.56 Å². The normalized spacial score (nSPS) is 12.3. The number of ketones is 2. The quantitative estimate of drug-likeness (QED) is 0.540. The molecule has 1 aliphatic carbocycles. The minimum absolute atomic E-state index is 0.230. The number of carboxylic acids is 2. The second-order valence-electron chi connectivity index (χ2n) is 5.17. The Hall–Kier alpha value is -3.88. The van der Waals surface area contributed by atoms with Crippen LogP contribution < -0.4 is 0 Å². The number of nitro benzene ring substituents is 1. The van der Waals surface area contributed by atoms with E-state index in [2.05, 4.69) is 0 Å². The third-order valence-electron chi connectivity index (χ3n) is 3.82. The standard InChI is InChI=1S/C16H7NO8/c18-13-6-2-1-3-11(17(24)25)12(6)14(19)8-5-10(16(22)23)9(15(20)21)4-7(8)13/h1-5H,(H,20,21)(H,22,23). The van der Waals surface area contributed by atoms with Crippen LogP contribution in [0.3, 0.4) is 0 Å². The van der Waals surface area contributed by atoms with Crippen LogP contribution in [0, 0.1) is 10.1 Å². The summed E-state index contributed by atoms with van der Waals surface area (Å²) in [6.45, 7) is 0. The van der Waals surface area contributed by atoms with Gasteiger partial charge in [-0.25, -0.2) is 9.59 Å². The molecule has 0 heterocycles. The summed E-state index contributed by atoms with van der Waals surface area (Å²) in [5.74, 6) is -4.87. The summed E-state index contributed by atoms with van der Waals surface area (Å²) in [5, 5.41) is 29.4. The first kappa shape index (κ1) is 16.0. The molecule has 2 aromatic rings. The molecule has 0 radical (unpaired) electrons. The molecule has 0 aliphatic heterocycles. The molecule has 0 saturated carbocycles. The Morgan fingerprint density at radius 2 is 1.40 bits per heavy atom. The lowest BCUT2D eigenvalue weighted by molar-refractivity contribution is -0.385. The summed E-state index contributed by atoms with van der Waals surface area (Å²) in [7, 11) is 0.